The largest absolute Gasteiger partial charge is 0.386 e. The lowest BCUT2D eigenvalue weighted by atomic mass is 9.95. The molecule has 8 heteroatoms. The highest BCUT2D eigenvalue weighted by molar-refractivity contribution is 5.80. The van der Waals surface area contributed by atoms with E-state index in [4.69, 9.17) is 0 Å². The fraction of sp³-hybridized carbons (Fsp3) is 0.0909. The molecule has 4 rings (SSSR count). The second kappa shape index (κ2) is 7.76. The predicted molar refractivity (Wildman–Crippen MR) is 111 cm³/mol. The zero-order valence-electron chi connectivity index (χ0n) is 15.7. The van der Waals surface area contributed by atoms with Crippen molar-refractivity contribution in [2.75, 3.05) is 0 Å². The van der Waals surface area contributed by atoms with E-state index in [2.05, 4.69) is 0 Å². The predicted octanol–water partition coefficient (Wildman–Crippen LogP) is 4.78. The number of aliphatic hydroxyl groups excluding tert-OH is 1. The average molecular weight is 403 g/mol. The van der Waals surface area contributed by atoms with Crippen molar-refractivity contribution in [2.45, 2.75) is 12.1 Å². The highest BCUT2D eigenvalue weighted by Gasteiger charge is 2.26. The van der Waals surface area contributed by atoms with Gasteiger partial charge in [-0.05, 0) is 40.8 Å². The lowest BCUT2D eigenvalue weighted by molar-refractivity contribution is -0.385. The lowest BCUT2D eigenvalue weighted by Crippen LogP contribution is -2.18. The summed E-state index contributed by atoms with van der Waals surface area (Å²) in [5.41, 5.74) is 1.96. The van der Waals surface area contributed by atoms with E-state index in [1.165, 1.54) is 36.4 Å². The van der Waals surface area contributed by atoms with Crippen molar-refractivity contribution in [2.24, 2.45) is 0 Å². The van der Waals surface area contributed by atoms with E-state index < -0.39 is 22.0 Å². The monoisotopic (exact) mass is 403 g/mol. The number of aliphatic hydroxyl groups is 1. The number of hydrogen-bond acceptors (Lipinski definition) is 5. The number of aromatic nitrogens is 1. The van der Waals surface area contributed by atoms with Crippen molar-refractivity contribution < 1.29 is 15.0 Å². The summed E-state index contributed by atoms with van der Waals surface area (Å²) in [6.07, 6.45) is 0.814. The van der Waals surface area contributed by atoms with Crippen molar-refractivity contribution in [3.63, 3.8) is 0 Å². The average Bonchev–Trinajstić information content (AvgIpc) is 3.18. The minimum atomic E-state index is -1.04. The van der Waals surface area contributed by atoms with E-state index in [1.807, 2.05) is 41.1 Å². The summed E-state index contributed by atoms with van der Waals surface area (Å²) in [6, 6.07) is 20.8. The molecule has 1 aromatic heterocycles. The molecule has 0 aliphatic heterocycles. The third kappa shape index (κ3) is 3.51. The van der Waals surface area contributed by atoms with Gasteiger partial charge in [0.15, 0.2) is 0 Å². The van der Waals surface area contributed by atoms with Crippen LogP contribution in [0.3, 0.4) is 0 Å². The van der Waals surface area contributed by atoms with Gasteiger partial charge in [-0.3, -0.25) is 20.2 Å². The first-order valence-corrected chi connectivity index (χ1v) is 9.18. The van der Waals surface area contributed by atoms with Gasteiger partial charge in [-0.1, -0.05) is 30.3 Å². The van der Waals surface area contributed by atoms with Crippen LogP contribution in [0.4, 0.5) is 11.4 Å². The van der Waals surface area contributed by atoms with Gasteiger partial charge in [-0.15, -0.1) is 0 Å². The zero-order valence-corrected chi connectivity index (χ0v) is 15.7. The van der Waals surface area contributed by atoms with Gasteiger partial charge < -0.3 is 9.67 Å². The van der Waals surface area contributed by atoms with E-state index in [0.717, 1.165) is 10.9 Å². The van der Waals surface area contributed by atoms with Crippen LogP contribution in [-0.4, -0.2) is 19.5 Å². The Labute approximate surface area is 170 Å². The summed E-state index contributed by atoms with van der Waals surface area (Å²) in [6.45, 7) is 0. The second-order valence-corrected chi connectivity index (χ2v) is 6.87. The molecule has 1 heterocycles. The molecule has 0 amide bonds. The molecular weight excluding hydrogens is 386 g/mol. The van der Waals surface area contributed by atoms with Crippen LogP contribution in [0.1, 0.15) is 23.3 Å². The summed E-state index contributed by atoms with van der Waals surface area (Å²) in [5.74, 6) is 0. The van der Waals surface area contributed by atoms with Crippen LogP contribution >= 0.6 is 0 Å². The first-order valence-electron chi connectivity index (χ1n) is 9.18. The van der Waals surface area contributed by atoms with Gasteiger partial charge in [0.1, 0.15) is 6.10 Å². The number of nitro groups is 2. The second-order valence-electron chi connectivity index (χ2n) is 6.87. The fourth-order valence-electron chi connectivity index (χ4n) is 3.61. The third-order valence-electron chi connectivity index (χ3n) is 5.12. The topological polar surface area (TPSA) is 111 Å². The Morgan fingerprint density at radius 2 is 1.27 bits per heavy atom. The maximum Gasteiger partial charge on any atom is 0.269 e. The molecule has 2 atom stereocenters. The Kier molecular flexibility index (Phi) is 4.99. The number of para-hydroxylation sites is 1. The minimum Gasteiger partial charge on any atom is -0.386 e. The quantitative estimate of drug-likeness (QED) is 0.368. The van der Waals surface area contributed by atoms with Crippen LogP contribution < -0.4 is 0 Å². The molecule has 0 aliphatic carbocycles. The normalized spacial score (nSPS) is 13.1. The van der Waals surface area contributed by atoms with E-state index in [0.29, 0.717) is 11.1 Å². The van der Waals surface area contributed by atoms with E-state index in [1.54, 1.807) is 12.1 Å². The highest BCUT2D eigenvalue weighted by atomic mass is 16.6. The van der Waals surface area contributed by atoms with Crippen molar-refractivity contribution in [3.8, 4) is 0 Å². The van der Waals surface area contributed by atoms with Crippen LogP contribution in [0.15, 0.2) is 85.1 Å². The summed E-state index contributed by atoms with van der Waals surface area (Å²) in [7, 11) is 0. The van der Waals surface area contributed by atoms with Crippen molar-refractivity contribution in [1.29, 1.82) is 0 Å². The van der Waals surface area contributed by atoms with Crippen molar-refractivity contribution >= 4 is 22.3 Å². The molecule has 4 aromatic rings. The number of nitro benzene ring substituents is 2. The van der Waals surface area contributed by atoms with Gasteiger partial charge in [0.05, 0.1) is 15.9 Å². The number of rotatable bonds is 6. The summed E-state index contributed by atoms with van der Waals surface area (Å²) in [5, 5.41) is 34.2. The first kappa shape index (κ1) is 19.3. The molecule has 150 valence electrons. The molecule has 0 saturated carbocycles. The number of fused-ring (bicyclic) bond motifs is 1. The third-order valence-corrected chi connectivity index (χ3v) is 5.12. The number of hydrogen-bond donors (Lipinski definition) is 1. The van der Waals surface area contributed by atoms with E-state index >= 15 is 0 Å². The van der Waals surface area contributed by atoms with Gasteiger partial charge in [-0.2, -0.15) is 0 Å². The minimum absolute atomic E-state index is 0.0420. The van der Waals surface area contributed by atoms with Crippen LogP contribution in [0, 0.1) is 20.2 Å². The molecule has 0 fully saturated rings. The first-order chi connectivity index (χ1) is 14.5. The fourth-order valence-corrected chi connectivity index (χ4v) is 3.61. The molecular formula is C22H17N3O5. The van der Waals surface area contributed by atoms with Crippen LogP contribution in [0.2, 0.25) is 0 Å². The Bertz CT molecular complexity index is 1220. The Morgan fingerprint density at radius 3 is 1.83 bits per heavy atom. The van der Waals surface area contributed by atoms with Crippen LogP contribution in [0.25, 0.3) is 10.9 Å². The smallest absolute Gasteiger partial charge is 0.269 e. The van der Waals surface area contributed by atoms with Crippen LogP contribution in [0.5, 0.6) is 0 Å². The van der Waals surface area contributed by atoms with Gasteiger partial charge in [-0.25, -0.2) is 0 Å². The molecule has 30 heavy (non-hydrogen) atoms. The maximum absolute atomic E-state index is 11.2. The molecule has 2 unspecified atom stereocenters. The SMILES string of the molecule is O=[N+]([O-])c1ccc(C(O)C(c2ccc([N+](=O)[O-])cc2)n2ccc3ccccc32)cc1. The Morgan fingerprint density at radius 1 is 0.733 bits per heavy atom. The molecule has 0 aliphatic rings. The van der Waals surface area contributed by atoms with Crippen molar-refractivity contribution in [1.82, 2.24) is 4.57 Å². The van der Waals surface area contributed by atoms with Crippen molar-refractivity contribution in [3.05, 3.63) is 116 Å². The van der Waals surface area contributed by atoms with Gasteiger partial charge in [0, 0.05) is 36.0 Å². The molecule has 0 radical (unpaired) electrons. The maximum atomic E-state index is 11.2. The molecule has 0 spiro atoms. The summed E-state index contributed by atoms with van der Waals surface area (Å²) < 4.78 is 1.91. The van der Waals surface area contributed by atoms with Gasteiger partial charge in [0.2, 0.25) is 0 Å². The molecule has 0 saturated heterocycles. The van der Waals surface area contributed by atoms with Crippen LogP contribution in [-0.2, 0) is 0 Å². The highest BCUT2D eigenvalue weighted by Crippen LogP contribution is 2.36. The summed E-state index contributed by atoms with van der Waals surface area (Å²) >= 11 is 0. The number of nitrogens with zero attached hydrogens (tertiary/aromatic N) is 3. The van der Waals surface area contributed by atoms with E-state index in [-0.39, 0.29) is 11.4 Å². The standard InChI is InChI=1S/C22H17N3O5/c26-22(17-7-11-19(12-8-17)25(29)30)21(16-5-9-18(10-6-16)24(27)28)23-14-13-15-3-1-2-4-20(15)23/h1-14,21-22,26H. The summed E-state index contributed by atoms with van der Waals surface area (Å²) in [4.78, 5) is 21.0. The van der Waals surface area contributed by atoms with E-state index in [9.17, 15) is 25.3 Å². The Balaban J connectivity index is 1.82. The zero-order chi connectivity index (χ0) is 21.3. The molecule has 3 aromatic carbocycles. The molecule has 0 bridgehead atoms. The number of benzene rings is 3. The van der Waals surface area contributed by atoms with Gasteiger partial charge in [0.25, 0.3) is 11.4 Å². The molecule has 1 N–H and O–H groups in total. The van der Waals surface area contributed by atoms with Gasteiger partial charge >= 0.3 is 0 Å². The molecule has 8 nitrogen and oxygen atoms in total. The number of non-ortho nitro benzene ring substituents is 2. The lowest BCUT2D eigenvalue weighted by Gasteiger charge is -2.26. The Hall–Kier alpha value is -4.04.